The van der Waals surface area contributed by atoms with Crippen LogP contribution in [0.1, 0.15) is 0 Å². The van der Waals surface area contributed by atoms with Gasteiger partial charge < -0.3 is 5.73 Å². The molecule has 5 nitrogen and oxygen atoms in total. The first-order valence-corrected chi connectivity index (χ1v) is 3.71. The van der Waals surface area contributed by atoms with E-state index in [1.807, 2.05) is 0 Å². The van der Waals surface area contributed by atoms with Gasteiger partial charge in [0.2, 0.25) is 0 Å². The minimum atomic E-state index is 0.376. The SMILES string of the molecule is Nc1nccnc1-c1ccncn1. The molecule has 2 rings (SSSR count). The third-order valence-electron chi connectivity index (χ3n) is 1.55. The van der Waals surface area contributed by atoms with E-state index in [1.54, 1.807) is 24.7 Å². The summed E-state index contributed by atoms with van der Waals surface area (Å²) in [6, 6.07) is 1.74. The van der Waals surface area contributed by atoms with Crippen LogP contribution in [0.3, 0.4) is 0 Å². The molecule has 0 bridgehead atoms. The number of anilines is 1. The van der Waals surface area contributed by atoms with Gasteiger partial charge >= 0.3 is 0 Å². The number of rotatable bonds is 1. The third kappa shape index (κ3) is 1.44. The minimum Gasteiger partial charge on any atom is -0.382 e. The van der Waals surface area contributed by atoms with Crippen molar-refractivity contribution < 1.29 is 0 Å². The number of hydrogen-bond acceptors (Lipinski definition) is 5. The van der Waals surface area contributed by atoms with Crippen LogP contribution in [0.25, 0.3) is 11.4 Å². The first-order valence-electron chi connectivity index (χ1n) is 3.71. The van der Waals surface area contributed by atoms with Gasteiger partial charge in [0.1, 0.15) is 12.0 Å². The van der Waals surface area contributed by atoms with Gasteiger partial charge in [0, 0.05) is 18.6 Å². The maximum atomic E-state index is 5.62. The predicted molar refractivity (Wildman–Crippen MR) is 47.5 cm³/mol. The van der Waals surface area contributed by atoms with Crippen LogP contribution in [0.5, 0.6) is 0 Å². The minimum absolute atomic E-state index is 0.376. The molecule has 0 aliphatic carbocycles. The van der Waals surface area contributed by atoms with E-state index in [-0.39, 0.29) is 0 Å². The van der Waals surface area contributed by atoms with Crippen LogP contribution >= 0.6 is 0 Å². The molecule has 0 saturated heterocycles. The van der Waals surface area contributed by atoms with Crippen molar-refractivity contribution in [1.29, 1.82) is 0 Å². The average molecular weight is 173 g/mol. The van der Waals surface area contributed by atoms with E-state index < -0.39 is 0 Å². The summed E-state index contributed by atoms with van der Waals surface area (Å²) in [6.07, 6.45) is 6.20. The maximum absolute atomic E-state index is 5.62. The maximum Gasteiger partial charge on any atom is 0.151 e. The molecular formula is C8H7N5. The Kier molecular flexibility index (Phi) is 1.84. The van der Waals surface area contributed by atoms with Crippen LogP contribution in [0.4, 0.5) is 5.82 Å². The summed E-state index contributed by atoms with van der Waals surface area (Å²) in [6.45, 7) is 0. The van der Waals surface area contributed by atoms with Crippen molar-refractivity contribution in [2.24, 2.45) is 0 Å². The van der Waals surface area contributed by atoms with Crippen molar-refractivity contribution in [3.63, 3.8) is 0 Å². The van der Waals surface area contributed by atoms with Crippen molar-refractivity contribution in [1.82, 2.24) is 19.9 Å². The molecule has 5 heteroatoms. The topological polar surface area (TPSA) is 77.6 Å². The van der Waals surface area contributed by atoms with Gasteiger partial charge in [-0.3, -0.25) is 0 Å². The highest BCUT2D eigenvalue weighted by Crippen LogP contribution is 2.16. The van der Waals surface area contributed by atoms with E-state index in [9.17, 15) is 0 Å². The van der Waals surface area contributed by atoms with Crippen molar-refractivity contribution in [3.8, 4) is 11.4 Å². The van der Waals surface area contributed by atoms with Crippen LogP contribution in [-0.4, -0.2) is 19.9 Å². The molecule has 0 atom stereocenters. The molecule has 2 N–H and O–H groups in total. The molecule has 0 aromatic carbocycles. The normalized spacial score (nSPS) is 9.85. The fourth-order valence-electron chi connectivity index (χ4n) is 0.977. The molecule has 0 unspecified atom stereocenters. The number of hydrogen-bond donors (Lipinski definition) is 1. The second-order valence-corrected chi connectivity index (χ2v) is 2.38. The van der Waals surface area contributed by atoms with E-state index in [2.05, 4.69) is 19.9 Å². The largest absolute Gasteiger partial charge is 0.382 e. The van der Waals surface area contributed by atoms with Gasteiger partial charge in [-0.2, -0.15) is 0 Å². The average Bonchev–Trinajstić information content (AvgIpc) is 2.20. The highest BCUT2D eigenvalue weighted by atomic mass is 14.9. The molecular weight excluding hydrogens is 166 g/mol. The second-order valence-electron chi connectivity index (χ2n) is 2.38. The summed E-state index contributed by atoms with van der Waals surface area (Å²) in [5.74, 6) is 0.376. The van der Waals surface area contributed by atoms with Crippen molar-refractivity contribution in [3.05, 3.63) is 31.0 Å². The second kappa shape index (κ2) is 3.14. The summed E-state index contributed by atoms with van der Waals surface area (Å²) in [4.78, 5) is 15.8. The monoisotopic (exact) mass is 173 g/mol. The first-order chi connectivity index (χ1) is 6.38. The fraction of sp³-hybridized carbons (Fsp3) is 0. The Bertz CT molecular complexity index is 400. The molecule has 0 aliphatic heterocycles. The summed E-state index contributed by atoms with van der Waals surface area (Å²) in [7, 11) is 0. The molecule has 0 aliphatic rings. The molecule has 64 valence electrons. The zero-order chi connectivity index (χ0) is 9.10. The predicted octanol–water partition coefficient (Wildman–Crippen LogP) is 0.516. The van der Waals surface area contributed by atoms with Gasteiger partial charge in [0.25, 0.3) is 0 Å². The Hall–Kier alpha value is -2.04. The van der Waals surface area contributed by atoms with Gasteiger partial charge in [0.15, 0.2) is 5.82 Å². The molecule has 2 aromatic heterocycles. The highest BCUT2D eigenvalue weighted by molar-refractivity contribution is 5.65. The van der Waals surface area contributed by atoms with Crippen molar-refractivity contribution in [2.45, 2.75) is 0 Å². The molecule has 2 aromatic rings. The zero-order valence-electron chi connectivity index (χ0n) is 6.75. The molecule has 0 amide bonds. The van der Waals surface area contributed by atoms with Gasteiger partial charge in [-0.05, 0) is 6.07 Å². The lowest BCUT2D eigenvalue weighted by Crippen LogP contribution is -1.97. The smallest absolute Gasteiger partial charge is 0.151 e. The quantitative estimate of drug-likeness (QED) is 0.680. The third-order valence-corrected chi connectivity index (χ3v) is 1.55. The lowest BCUT2D eigenvalue weighted by Gasteiger charge is -2.00. The fourth-order valence-corrected chi connectivity index (χ4v) is 0.977. The Morgan fingerprint density at radius 2 is 1.85 bits per heavy atom. The Labute approximate surface area is 74.7 Å². The summed E-state index contributed by atoms with van der Waals surface area (Å²) < 4.78 is 0. The lowest BCUT2D eigenvalue weighted by molar-refractivity contribution is 1.13. The number of nitrogen functional groups attached to an aromatic ring is 1. The standard InChI is InChI=1S/C8H7N5/c9-8-7(11-3-4-12-8)6-1-2-10-5-13-6/h1-5H,(H2,9,12). The Morgan fingerprint density at radius 1 is 1.00 bits per heavy atom. The summed E-state index contributed by atoms with van der Waals surface area (Å²) in [5, 5.41) is 0. The van der Waals surface area contributed by atoms with Crippen LogP contribution in [0, 0.1) is 0 Å². The van der Waals surface area contributed by atoms with Crippen LogP contribution < -0.4 is 5.73 Å². The van der Waals surface area contributed by atoms with E-state index >= 15 is 0 Å². The summed E-state index contributed by atoms with van der Waals surface area (Å²) in [5.41, 5.74) is 6.89. The number of nitrogens with zero attached hydrogens (tertiary/aromatic N) is 4. The van der Waals surface area contributed by atoms with Gasteiger partial charge in [-0.1, -0.05) is 0 Å². The molecule has 0 radical (unpaired) electrons. The van der Waals surface area contributed by atoms with E-state index in [4.69, 9.17) is 5.73 Å². The molecule has 0 fully saturated rings. The molecule has 0 saturated carbocycles. The Balaban J connectivity index is 2.54. The van der Waals surface area contributed by atoms with Crippen LogP contribution in [0.15, 0.2) is 31.0 Å². The lowest BCUT2D eigenvalue weighted by atomic mass is 10.3. The van der Waals surface area contributed by atoms with Gasteiger partial charge in [-0.25, -0.2) is 19.9 Å². The van der Waals surface area contributed by atoms with E-state index in [1.165, 1.54) is 6.33 Å². The van der Waals surface area contributed by atoms with E-state index in [0.717, 1.165) is 0 Å². The molecule has 2 heterocycles. The van der Waals surface area contributed by atoms with Gasteiger partial charge in [-0.15, -0.1) is 0 Å². The number of nitrogens with two attached hydrogens (primary N) is 1. The number of aromatic nitrogens is 4. The van der Waals surface area contributed by atoms with Gasteiger partial charge in [0.05, 0.1) is 5.69 Å². The Morgan fingerprint density at radius 3 is 2.54 bits per heavy atom. The first kappa shape index (κ1) is 7.60. The zero-order valence-corrected chi connectivity index (χ0v) is 6.75. The van der Waals surface area contributed by atoms with Crippen molar-refractivity contribution >= 4 is 5.82 Å². The molecule has 0 spiro atoms. The van der Waals surface area contributed by atoms with E-state index in [0.29, 0.717) is 17.2 Å². The molecule has 13 heavy (non-hydrogen) atoms. The highest BCUT2D eigenvalue weighted by Gasteiger charge is 2.04. The van der Waals surface area contributed by atoms with Crippen LogP contribution in [-0.2, 0) is 0 Å². The van der Waals surface area contributed by atoms with Crippen molar-refractivity contribution in [2.75, 3.05) is 5.73 Å². The van der Waals surface area contributed by atoms with Crippen LogP contribution in [0.2, 0.25) is 0 Å². The summed E-state index contributed by atoms with van der Waals surface area (Å²) >= 11 is 0.